The Kier molecular flexibility index (Phi) is 4.68. The number of halogens is 2. The molecule has 0 aromatic heterocycles. The van der Waals surface area contributed by atoms with Gasteiger partial charge < -0.3 is 4.74 Å². The maximum atomic E-state index is 12.9. The molecule has 16 heavy (non-hydrogen) atoms. The van der Waals surface area contributed by atoms with Crippen LogP contribution in [0.15, 0.2) is 28.7 Å². The van der Waals surface area contributed by atoms with Crippen molar-refractivity contribution in [1.82, 2.24) is 0 Å². The molecule has 0 spiro atoms. The van der Waals surface area contributed by atoms with Crippen LogP contribution in [0.5, 0.6) is 0 Å². The van der Waals surface area contributed by atoms with Crippen molar-refractivity contribution in [3.05, 3.63) is 40.1 Å². The van der Waals surface area contributed by atoms with Crippen molar-refractivity contribution < 1.29 is 13.9 Å². The van der Waals surface area contributed by atoms with E-state index in [2.05, 4.69) is 15.9 Å². The molecule has 0 aliphatic heterocycles. The number of esters is 1. The van der Waals surface area contributed by atoms with Gasteiger partial charge in [0, 0.05) is 10.5 Å². The van der Waals surface area contributed by atoms with Crippen LogP contribution in [0.25, 0.3) is 5.57 Å². The summed E-state index contributed by atoms with van der Waals surface area (Å²) >= 11 is 3.24. The van der Waals surface area contributed by atoms with Crippen LogP contribution in [0, 0.1) is 5.82 Å². The first-order valence-corrected chi connectivity index (χ1v) is 5.64. The fourth-order valence-corrected chi connectivity index (χ4v) is 1.91. The summed E-state index contributed by atoms with van der Waals surface area (Å²) in [7, 11) is 0. The Hall–Kier alpha value is -1.16. The number of hydrogen-bond acceptors (Lipinski definition) is 2. The maximum absolute atomic E-state index is 12.9. The minimum Gasteiger partial charge on any atom is -0.463 e. The van der Waals surface area contributed by atoms with Gasteiger partial charge in [-0.3, -0.25) is 0 Å². The lowest BCUT2D eigenvalue weighted by Crippen LogP contribution is -2.00. The molecular formula is C12H12BrFO2. The zero-order valence-corrected chi connectivity index (χ0v) is 10.7. The lowest BCUT2D eigenvalue weighted by atomic mass is 10.1. The smallest absolute Gasteiger partial charge is 0.331 e. The predicted molar refractivity (Wildman–Crippen MR) is 64.4 cm³/mol. The number of hydrogen-bond donors (Lipinski definition) is 0. The third kappa shape index (κ3) is 3.45. The number of carbonyl (C=O) groups is 1. The van der Waals surface area contributed by atoms with Crippen molar-refractivity contribution >= 4 is 27.5 Å². The van der Waals surface area contributed by atoms with E-state index in [0.717, 1.165) is 11.1 Å². The molecule has 1 aromatic rings. The summed E-state index contributed by atoms with van der Waals surface area (Å²) in [5.41, 5.74) is 1.50. The van der Waals surface area contributed by atoms with Crippen LogP contribution in [-0.4, -0.2) is 12.6 Å². The first-order valence-electron chi connectivity index (χ1n) is 4.85. The number of benzene rings is 1. The van der Waals surface area contributed by atoms with Crippen molar-refractivity contribution in [3.8, 4) is 0 Å². The summed E-state index contributed by atoms with van der Waals surface area (Å²) in [5.74, 6) is -0.712. The summed E-state index contributed by atoms with van der Waals surface area (Å²) in [4.78, 5) is 11.2. The third-order valence-electron chi connectivity index (χ3n) is 1.98. The van der Waals surface area contributed by atoms with E-state index in [4.69, 9.17) is 4.74 Å². The molecule has 0 fully saturated rings. The van der Waals surface area contributed by atoms with Crippen molar-refractivity contribution in [1.29, 1.82) is 0 Å². The fraction of sp³-hybridized carbons (Fsp3) is 0.250. The predicted octanol–water partition coefficient (Wildman–Crippen LogP) is 3.55. The van der Waals surface area contributed by atoms with E-state index in [0.29, 0.717) is 11.1 Å². The van der Waals surface area contributed by atoms with E-state index in [-0.39, 0.29) is 5.82 Å². The highest BCUT2D eigenvalue weighted by atomic mass is 79.9. The van der Waals surface area contributed by atoms with Gasteiger partial charge in [-0.2, -0.15) is 0 Å². The Morgan fingerprint density at radius 3 is 2.81 bits per heavy atom. The Bertz CT molecular complexity index is 427. The molecule has 0 amide bonds. The van der Waals surface area contributed by atoms with Crippen LogP contribution in [0.2, 0.25) is 0 Å². The second kappa shape index (κ2) is 5.80. The van der Waals surface area contributed by atoms with Gasteiger partial charge >= 0.3 is 5.97 Å². The second-order valence-electron chi connectivity index (χ2n) is 3.20. The van der Waals surface area contributed by atoms with E-state index in [1.807, 2.05) is 0 Å². The molecule has 86 valence electrons. The topological polar surface area (TPSA) is 26.3 Å². The van der Waals surface area contributed by atoms with Crippen LogP contribution in [0.3, 0.4) is 0 Å². The van der Waals surface area contributed by atoms with Gasteiger partial charge in [-0.25, -0.2) is 9.18 Å². The van der Waals surface area contributed by atoms with Gasteiger partial charge in [0.25, 0.3) is 0 Å². The lowest BCUT2D eigenvalue weighted by molar-refractivity contribution is -0.137. The summed E-state index contributed by atoms with van der Waals surface area (Å²) in [6, 6.07) is 4.32. The van der Waals surface area contributed by atoms with E-state index in [1.165, 1.54) is 18.2 Å². The summed E-state index contributed by atoms with van der Waals surface area (Å²) in [5, 5.41) is 0. The van der Waals surface area contributed by atoms with Gasteiger partial charge in [0.15, 0.2) is 0 Å². The highest BCUT2D eigenvalue weighted by molar-refractivity contribution is 9.10. The van der Waals surface area contributed by atoms with Gasteiger partial charge in [-0.05, 0) is 37.1 Å². The number of rotatable bonds is 3. The SMILES string of the molecule is CCOC(=O)/C=C(/C)c1ccc(F)cc1Br. The van der Waals surface area contributed by atoms with Crippen molar-refractivity contribution in [2.45, 2.75) is 13.8 Å². The minimum absolute atomic E-state index is 0.320. The van der Waals surface area contributed by atoms with E-state index >= 15 is 0 Å². The Morgan fingerprint density at radius 2 is 2.25 bits per heavy atom. The average molecular weight is 287 g/mol. The van der Waals surface area contributed by atoms with Crippen molar-refractivity contribution in [2.24, 2.45) is 0 Å². The molecule has 1 rings (SSSR count). The quantitative estimate of drug-likeness (QED) is 0.627. The molecular weight excluding hydrogens is 275 g/mol. The first kappa shape index (κ1) is 12.9. The van der Waals surface area contributed by atoms with Crippen LogP contribution in [0.4, 0.5) is 4.39 Å². The second-order valence-corrected chi connectivity index (χ2v) is 4.06. The third-order valence-corrected chi connectivity index (χ3v) is 2.63. The summed E-state index contributed by atoms with van der Waals surface area (Å²) < 4.78 is 18.3. The monoisotopic (exact) mass is 286 g/mol. The molecule has 0 bridgehead atoms. The standard InChI is InChI=1S/C12H12BrFO2/c1-3-16-12(15)6-8(2)10-5-4-9(14)7-11(10)13/h4-7H,3H2,1-2H3/b8-6-. The molecule has 0 unspecified atom stereocenters. The van der Waals surface area contributed by atoms with E-state index in [1.54, 1.807) is 19.9 Å². The van der Waals surface area contributed by atoms with Gasteiger partial charge in [-0.1, -0.05) is 22.0 Å². The van der Waals surface area contributed by atoms with E-state index < -0.39 is 5.97 Å². The van der Waals surface area contributed by atoms with Gasteiger partial charge in [-0.15, -0.1) is 0 Å². The van der Waals surface area contributed by atoms with Crippen LogP contribution in [0.1, 0.15) is 19.4 Å². The molecule has 0 aliphatic rings. The Morgan fingerprint density at radius 1 is 1.56 bits per heavy atom. The van der Waals surface area contributed by atoms with E-state index in [9.17, 15) is 9.18 Å². The summed E-state index contributed by atoms with van der Waals surface area (Å²) in [6.07, 6.45) is 1.39. The number of carbonyl (C=O) groups excluding carboxylic acids is 1. The fourth-order valence-electron chi connectivity index (χ4n) is 1.25. The van der Waals surface area contributed by atoms with Crippen LogP contribution < -0.4 is 0 Å². The van der Waals surface area contributed by atoms with Gasteiger partial charge in [0.05, 0.1) is 6.61 Å². The van der Waals surface area contributed by atoms with Gasteiger partial charge in [0.2, 0.25) is 0 Å². The average Bonchev–Trinajstić information content (AvgIpc) is 2.17. The lowest BCUT2D eigenvalue weighted by Gasteiger charge is -2.05. The molecule has 0 N–H and O–H groups in total. The highest BCUT2D eigenvalue weighted by Gasteiger charge is 2.05. The molecule has 0 saturated heterocycles. The normalized spacial score (nSPS) is 11.4. The molecule has 0 aliphatic carbocycles. The maximum Gasteiger partial charge on any atom is 0.331 e. The molecule has 0 saturated carbocycles. The van der Waals surface area contributed by atoms with Gasteiger partial charge in [0.1, 0.15) is 5.82 Å². The molecule has 0 heterocycles. The van der Waals surface area contributed by atoms with Crippen molar-refractivity contribution in [2.75, 3.05) is 6.61 Å². The molecule has 4 heteroatoms. The first-order chi connectivity index (χ1) is 7.54. The Labute approximate surface area is 102 Å². The molecule has 0 radical (unpaired) electrons. The largest absolute Gasteiger partial charge is 0.463 e. The molecule has 1 aromatic carbocycles. The zero-order valence-electron chi connectivity index (χ0n) is 9.09. The Balaban J connectivity index is 2.96. The number of allylic oxidation sites excluding steroid dienone is 1. The highest BCUT2D eigenvalue weighted by Crippen LogP contribution is 2.24. The number of ether oxygens (including phenoxy) is 1. The molecule has 2 nitrogen and oxygen atoms in total. The van der Waals surface area contributed by atoms with Crippen LogP contribution in [-0.2, 0) is 9.53 Å². The summed E-state index contributed by atoms with van der Waals surface area (Å²) in [6.45, 7) is 3.86. The molecule has 0 atom stereocenters. The zero-order chi connectivity index (χ0) is 12.1. The van der Waals surface area contributed by atoms with Crippen LogP contribution >= 0.6 is 15.9 Å². The minimum atomic E-state index is -0.392. The van der Waals surface area contributed by atoms with Crippen molar-refractivity contribution in [3.63, 3.8) is 0 Å².